The van der Waals surface area contributed by atoms with E-state index >= 15 is 0 Å². The molecule has 0 aromatic heterocycles. The molecule has 4 nitrogen and oxygen atoms in total. The number of hydrogen-bond acceptors (Lipinski definition) is 2. The second-order valence-electron chi connectivity index (χ2n) is 1.52. The third-order valence-corrected chi connectivity index (χ3v) is 1.20. The van der Waals surface area contributed by atoms with Gasteiger partial charge in [0.15, 0.2) is 0 Å². The summed E-state index contributed by atoms with van der Waals surface area (Å²) in [6, 6.07) is 0. The van der Waals surface area contributed by atoms with Crippen molar-refractivity contribution in [3.05, 3.63) is 11.4 Å². The fourth-order valence-corrected chi connectivity index (χ4v) is 0.630. The van der Waals surface area contributed by atoms with Gasteiger partial charge in [0.25, 0.3) is 5.91 Å². The van der Waals surface area contributed by atoms with Crippen LogP contribution in [0.4, 0.5) is 0 Å². The van der Waals surface area contributed by atoms with Gasteiger partial charge in [0, 0.05) is 18.4 Å². The number of carboxylic acid groups (broad SMARTS) is 1. The van der Waals surface area contributed by atoms with E-state index in [4.69, 9.17) is 5.11 Å². The highest BCUT2D eigenvalue weighted by atomic mass is 31.0. The molecule has 0 aromatic carbocycles. The second-order valence-corrected chi connectivity index (χ2v) is 2.14. The molecule has 10 heavy (non-hydrogen) atoms. The van der Waals surface area contributed by atoms with Gasteiger partial charge in [-0.1, -0.05) is 9.24 Å². The van der Waals surface area contributed by atoms with E-state index in [-0.39, 0.29) is 5.31 Å². The maximum Gasteiger partial charge on any atom is 0.329 e. The number of nitrogens with one attached hydrogen (secondary N) is 1. The minimum absolute atomic E-state index is 0.106. The molecule has 2 N–H and O–H groups in total. The van der Waals surface area contributed by atoms with Crippen molar-refractivity contribution in [3.63, 3.8) is 0 Å². The van der Waals surface area contributed by atoms with Gasteiger partial charge in [0.1, 0.15) is 0 Å². The third-order valence-electron chi connectivity index (χ3n) is 0.768. The number of aliphatic carboxylic acids is 1. The van der Waals surface area contributed by atoms with Crippen molar-refractivity contribution >= 4 is 21.1 Å². The Kier molecular flexibility index (Phi) is 3.65. The van der Waals surface area contributed by atoms with Gasteiger partial charge in [-0.15, -0.1) is 0 Å². The van der Waals surface area contributed by atoms with E-state index in [1.54, 1.807) is 0 Å². The molecule has 56 valence electrons. The summed E-state index contributed by atoms with van der Waals surface area (Å²) < 4.78 is 0. The Balaban J connectivity index is 4.19. The largest absolute Gasteiger partial charge is 0.478 e. The number of likely N-dealkylation sites (N-methyl/N-ethyl adjacent to an activating group) is 1. The third kappa shape index (κ3) is 3.20. The Morgan fingerprint density at radius 2 is 2.10 bits per heavy atom. The fourth-order valence-electron chi connectivity index (χ4n) is 0.343. The summed E-state index contributed by atoms with van der Waals surface area (Å²) in [5, 5.41) is 10.5. The van der Waals surface area contributed by atoms with E-state index < -0.39 is 11.9 Å². The van der Waals surface area contributed by atoms with Crippen LogP contribution in [-0.2, 0) is 9.59 Å². The summed E-state index contributed by atoms with van der Waals surface area (Å²) >= 11 is 0. The lowest BCUT2D eigenvalue weighted by Gasteiger charge is -1.94. The van der Waals surface area contributed by atoms with Gasteiger partial charge >= 0.3 is 5.97 Å². The average Bonchev–Trinajstić information content (AvgIpc) is 1.85. The highest BCUT2D eigenvalue weighted by molar-refractivity contribution is 7.25. The van der Waals surface area contributed by atoms with Crippen LogP contribution >= 0.6 is 9.24 Å². The van der Waals surface area contributed by atoms with Gasteiger partial charge in [0.05, 0.1) is 0 Å². The minimum Gasteiger partial charge on any atom is -0.478 e. The summed E-state index contributed by atoms with van der Waals surface area (Å²) in [4.78, 5) is 20.5. The molecule has 0 heterocycles. The predicted octanol–water partition coefficient (Wildman–Crippen LogP) is -0.424. The number of rotatable bonds is 2. The normalized spacial score (nSPS) is 10.8. The van der Waals surface area contributed by atoms with Crippen LogP contribution in [0.2, 0.25) is 0 Å². The number of carbonyl (C=O) groups is 2. The highest BCUT2D eigenvalue weighted by Crippen LogP contribution is 2.03. The molecule has 0 rings (SSSR count). The fraction of sp³-hybridized carbons (Fsp3) is 0.200. The van der Waals surface area contributed by atoms with Gasteiger partial charge in [0.2, 0.25) is 0 Å². The quantitative estimate of drug-likeness (QED) is 0.426. The molecule has 0 aromatic rings. The number of carbonyl (C=O) groups excluding carboxylic acids is 1. The molecule has 0 fully saturated rings. The Hall–Kier alpha value is -0.890. The average molecular weight is 161 g/mol. The molecule has 0 bridgehead atoms. The van der Waals surface area contributed by atoms with E-state index in [1.165, 1.54) is 7.05 Å². The maximum atomic E-state index is 10.6. The topological polar surface area (TPSA) is 66.4 Å². The first-order valence-corrected chi connectivity index (χ1v) is 3.08. The summed E-state index contributed by atoms with van der Waals surface area (Å²) in [5.74, 6) is -1.54. The molecule has 0 spiro atoms. The number of amides is 1. The highest BCUT2D eigenvalue weighted by Gasteiger charge is 2.01. The van der Waals surface area contributed by atoms with Crippen molar-refractivity contribution in [1.82, 2.24) is 5.32 Å². The minimum atomic E-state index is -1.13. The van der Waals surface area contributed by atoms with E-state index in [2.05, 4.69) is 5.32 Å². The van der Waals surface area contributed by atoms with E-state index in [9.17, 15) is 9.59 Å². The van der Waals surface area contributed by atoms with Crippen molar-refractivity contribution in [2.24, 2.45) is 0 Å². The van der Waals surface area contributed by atoms with Crippen LogP contribution in [0.15, 0.2) is 11.4 Å². The van der Waals surface area contributed by atoms with Crippen LogP contribution in [-0.4, -0.2) is 24.0 Å². The molecule has 5 heteroatoms. The van der Waals surface area contributed by atoms with Crippen molar-refractivity contribution in [2.75, 3.05) is 7.05 Å². The lowest BCUT2D eigenvalue weighted by atomic mass is 10.4. The SMILES string of the molecule is CNC(=O)/C(P)=C\C(=O)O. The van der Waals surface area contributed by atoms with Gasteiger partial charge < -0.3 is 10.4 Å². The van der Waals surface area contributed by atoms with Crippen LogP contribution in [0.1, 0.15) is 0 Å². The molecule has 0 saturated carbocycles. The lowest BCUT2D eigenvalue weighted by Crippen LogP contribution is -2.17. The summed E-state index contributed by atoms with van der Waals surface area (Å²) in [6.45, 7) is 0. The lowest BCUT2D eigenvalue weighted by molar-refractivity contribution is -0.131. The molecule has 0 aliphatic rings. The predicted molar refractivity (Wildman–Crippen MR) is 39.5 cm³/mol. The molecular weight excluding hydrogens is 153 g/mol. The Morgan fingerprint density at radius 3 is 2.40 bits per heavy atom. The molecule has 1 unspecified atom stereocenters. The Morgan fingerprint density at radius 1 is 1.60 bits per heavy atom. The summed E-state index contributed by atoms with van der Waals surface area (Å²) in [6.07, 6.45) is 0.823. The molecular formula is C5H8NO3P. The molecule has 0 aliphatic heterocycles. The number of carboxylic acids is 1. The van der Waals surface area contributed by atoms with Crippen molar-refractivity contribution in [2.45, 2.75) is 0 Å². The second kappa shape index (κ2) is 4.01. The zero-order valence-electron chi connectivity index (χ0n) is 5.42. The first-order chi connectivity index (χ1) is 4.57. The van der Waals surface area contributed by atoms with Gasteiger partial charge in [-0.2, -0.15) is 0 Å². The number of hydrogen-bond donors (Lipinski definition) is 2. The van der Waals surface area contributed by atoms with Crippen LogP contribution in [0, 0.1) is 0 Å². The smallest absolute Gasteiger partial charge is 0.329 e. The maximum absolute atomic E-state index is 10.6. The van der Waals surface area contributed by atoms with E-state index in [0.29, 0.717) is 0 Å². The van der Waals surface area contributed by atoms with Gasteiger partial charge in [-0.3, -0.25) is 4.79 Å². The summed E-state index contributed by atoms with van der Waals surface area (Å²) in [7, 11) is 3.46. The van der Waals surface area contributed by atoms with Crippen molar-refractivity contribution in [1.29, 1.82) is 0 Å². The summed E-state index contributed by atoms with van der Waals surface area (Å²) in [5.41, 5.74) is 0. The van der Waals surface area contributed by atoms with Crippen LogP contribution in [0.25, 0.3) is 0 Å². The first-order valence-electron chi connectivity index (χ1n) is 2.50. The van der Waals surface area contributed by atoms with Gasteiger partial charge in [-0.05, 0) is 0 Å². The Bertz CT molecular complexity index is 187. The monoisotopic (exact) mass is 161 g/mol. The molecule has 1 atom stereocenters. The van der Waals surface area contributed by atoms with Gasteiger partial charge in [-0.25, -0.2) is 4.79 Å². The molecule has 1 amide bonds. The zero-order valence-corrected chi connectivity index (χ0v) is 6.57. The zero-order chi connectivity index (χ0) is 8.15. The molecule has 0 aliphatic carbocycles. The standard InChI is InChI=1S/C5H8NO3P/c1-6-5(9)3(10)2-4(7)8/h2H,10H2,1H3,(H,6,9)(H,7,8)/b3-2+. The van der Waals surface area contributed by atoms with E-state index in [1.807, 2.05) is 9.24 Å². The molecule has 0 radical (unpaired) electrons. The van der Waals surface area contributed by atoms with Crippen LogP contribution in [0.3, 0.4) is 0 Å². The van der Waals surface area contributed by atoms with Crippen LogP contribution in [0.5, 0.6) is 0 Å². The van der Waals surface area contributed by atoms with Crippen LogP contribution < -0.4 is 5.32 Å². The van der Waals surface area contributed by atoms with E-state index in [0.717, 1.165) is 6.08 Å². The van der Waals surface area contributed by atoms with Crippen molar-refractivity contribution < 1.29 is 14.7 Å². The Labute approximate surface area is 60.5 Å². The first kappa shape index (κ1) is 9.11. The molecule has 0 saturated heterocycles. The van der Waals surface area contributed by atoms with Crippen molar-refractivity contribution in [3.8, 4) is 0 Å².